The number of halogens is 1. The van der Waals surface area contributed by atoms with Crippen LogP contribution in [0.3, 0.4) is 0 Å². The van der Waals surface area contributed by atoms with E-state index in [2.05, 4.69) is 6.92 Å². The van der Waals surface area contributed by atoms with E-state index in [0.717, 1.165) is 36.1 Å². The Bertz CT molecular complexity index is 898. The van der Waals surface area contributed by atoms with Crippen molar-refractivity contribution in [3.05, 3.63) is 69.2 Å². The van der Waals surface area contributed by atoms with Gasteiger partial charge in [0, 0.05) is 11.2 Å². The van der Waals surface area contributed by atoms with E-state index in [-0.39, 0.29) is 5.56 Å². The molecule has 0 aliphatic rings. The van der Waals surface area contributed by atoms with Gasteiger partial charge in [0.15, 0.2) is 0 Å². The summed E-state index contributed by atoms with van der Waals surface area (Å²) in [6.07, 6.45) is 4.71. The maximum absolute atomic E-state index is 13.0. The zero-order valence-corrected chi connectivity index (χ0v) is 14.1. The molecular formula is C19H19ClN2O. The van der Waals surface area contributed by atoms with Gasteiger partial charge in [0.1, 0.15) is 5.65 Å². The van der Waals surface area contributed by atoms with Gasteiger partial charge in [-0.15, -0.1) is 0 Å². The van der Waals surface area contributed by atoms with Gasteiger partial charge in [-0.05, 0) is 49.1 Å². The van der Waals surface area contributed by atoms with Crippen LogP contribution in [0.4, 0.5) is 0 Å². The number of aromatic nitrogens is 2. The van der Waals surface area contributed by atoms with Crippen LogP contribution in [-0.4, -0.2) is 9.38 Å². The average molecular weight is 327 g/mol. The summed E-state index contributed by atoms with van der Waals surface area (Å²) in [6.45, 7) is 4.11. The first-order chi connectivity index (χ1) is 11.1. The first-order valence-corrected chi connectivity index (χ1v) is 8.26. The van der Waals surface area contributed by atoms with Gasteiger partial charge >= 0.3 is 0 Å². The molecule has 3 aromatic rings. The lowest BCUT2D eigenvalue weighted by Crippen LogP contribution is -2.20. The predicted molar refractivity (Wildman–Crippen MR) is 95.3 cm³/mol. The third-order valence-corrected chi connectivity index (χ3v) is 4.20. The van der Waals surface area contributed by atoms with Crippen LogP contribution in [0.2, 0.25) is 5.02 Å². The van der Waals surface area contributed by atoms with Crippen LogP contribution in [0.1, 0.15) is 31.0 Å². The van der Waals surface area contributed by atoms with Crippen LogP contribution < -0.4 is 5.56 Å². The second-order valence-corrected chi connectivity index (χ2v) is 6.22. The molecule has 0 spiro atoms. The van der Waals surface area contributed by atoms with Crippen molar-refractivity contribution in [2.75, 3.05) is 0 Å². The number of hydrogen-bond acceptors (Lipinski definition) is 2. The molecule has 0 unspecified atom stereocenters. The third-order valence-electron chi connectivity index (χ3n) is 3.95. The summed E-state index contributed by atoms with van der Waals surface area (Å²) in [5, 5.41) is 0.661. The van der Waals surface area contributed by atoms with Crippen molar-refractivity contribution in [1.82, 2.24) is 9.38 Å². The lowest BCUT2D eigenvalue weighted by Gasteiger charge is -2.11. The molecule has 1 aromatic carbocycles. The molecule has 0 fully saturated rings. The standard InChI is InChI=1S/C19H19ClN2O/c1-3-4-5-16-18(14-7-9-15(20)10-8-14)19(23)22-12-13(2)6-11-17(22)21-16/h6-12H,3-5H2,1-2H3. The second-order valence-electron chi connectivity index (χ2n) is 5.78. The van der Waals surface area contributed by atoms with Gasteiger partial charge in [0.2, 0.25) is 0 Å². The topological polar surface area (TPSA) is 34.4 Å². The molecule has 3 rings (SSSR count). The summed E-state index contributed by atoms with van der Waals surface area (Å²) >= 11 is 5.98. The molecule has 0 aliphatic heterocycles. The molecule has 0 saturated carbocycles. The average Bonchev–Trinajstić information content (AvgIpc) is 2.55. The number of pyridine rings is 1. The second kappa shape index (κ2) is 6.55. The molecule has 0 radical (unpaired) electrons. The first kappa shape index (κ1) is 15.8. The van der Waals surface area contributed by atoms with Gasteiger partial charge in [0.05, 0.1) is 11.3 Å². The van der Waals surface area contributed by atoms with Gasteiger partial charge in [-0.2, -0.15) is 0 Å². The fourth-order valence-electron chi connectivity index (χ4n) is 2.72. The molecule has 4 heteroatoms. The lowest BCUT2D eigenvalue weighted by atomic mass is 10.0. The number of aryl methyl sites for hydroxylation is 2. The van der Waals surface area contributed by atoms with E-state index in [1.807, 2.05) is 49.5 Å². The van der Waals surface area contributed by atoms with Gasteiger partial charge in [-0.25, -0.2) is 4.98 Å². The molecule has 0 atom stereocenters. The maximum Gasteiger partial charge on any atom is 0.266 e. The van der Waals surface area contributed by atoms with Crippen molar-refractivity contribution in [2.24, 2.45) is 0 Å². The number of hydrogen-bond donors (Lipinski definition) is 0. The van der Waals surface area contributed by atoms with Gasteiger partial charge in [-0.3, -0.25) is 9.20 Å². The van der Waals surface area contributed by atoms with Crippen LogP contribution in [0, 0.1) is 6.92 Å². The fraction of sp³-hybridized carbons (Fsp3) is 0.263. The van der Waals surface area contributed by atoms with Crippen molar-refractivity contribution in [1.29, 1.82) is 0 Å². The number of unbranched alkanes of at least 4 members (excludes halogenated alkanes) is 1. The molecule has 0 saturated heterocycles. The summed E-state index contributed by atoms with van der Waals surface area (Å²) in [4.78, 5) is 17.8. The zero-order chi connectivity index (χ0) is 16.4. The molecule has 0 aliphatic carbocycles. The molecular weight excluding hydrogens is 308 g/mol. The molecule has 0 bridgehead atoms. The number of fused-ring (bicyclic) bond motifs is 1. The summed E-state index contributed by atoms with van der Waals surface area (Å²) in [6, 6.07) is 11.3. The Balaban J connectivity index is 2.29. The Morgan fingerprint density at radius 3 is 2.57 bits per heavy atom. The van der Waals surface area contributed by atoms with Crippen molar-refractivity contribution < 1.29 is 0 Å². The molecule has 3 nitrogen and oxygen atoms in total. The zero-order valence-electron chi connectivity index (χ0n) is 13.3. The first-order valence-electron chi connectivity index (χ1n) is 7.88. The van der Waals surface area contributed by atoms with E-state index in [9.17, 15) is 4.79 Å². The fourth-order valence-corrected chi connectivity index (χ4v) is 2.85. The van der Waals surface area contributed by atoms with Crippen LogP contribution in [0.5, 0.6) is 0 Å². The summed E-state index contributed by atoms with van der Waals surface area (Å²) < 4.78 is 1.63. The molecule has 0 N–H and O–H groups in total. The van der Waals surface area contributed by atoms with E-state index in [4.69, 9.17) is 16.6 Å². The van der Waals surface area contributed by atoms with Crippen molar-refractivity contribution in [2.45, 2.75) is 33.1 Å². The van der Waals surface area contributed by atoms with Crippen molar-refractivity contribution in [3.63, 3.8) is 0 Å². The van der Waals surface area contributed by atoms with Gasteiger partial charge < -0.3 is 0 Å². The molecule has 2 aromatic heterocycles. The maximum atomic E-state index is 13.0. The minimum absolute atomic E-state index is 0.0212. The smallest absolute Gasteiger partial charge is 0.266 e. The highest BCUT2D eigenvalue weighted by Gasteiger charge is 2.14. The molecule has 118 valence electrons. The van der Waals surface area contributed by atoms with Crippen LogP contribution in [0.15, 0.2) is 47.4 Å². The summed E-state index contributed by atoms with van der Waals surface area (Å²) in [5.74, 6) is 0. The lowest BCUT2D eigenvalue weighted by molar-refractivity contribution is 0.774. The minimum Gasteiger partial charge on any atom is -0.268 e. The Morgan fingerprint density at radius 2 is 1.87 bits per heavy atom. The molecule has 2 heterocycles. The Hall–Kier alpha value is -2.13. The minimum atomic E-state index is -0.0212. The normalized spacial score (nSPS) is 11.1. The van der Waals surface area contributed by atoms with Gasteiger partial charge in [-0.1, -0.05) is 43.1 Å². The van der Waals surface area contributed by atoms with Crippen molar-refractivity contribution >= 4 is 17.2 Å². The van der Waals surface area contributed by atoms with E-state index in [1.54, 1.807) is 4.40 Å². The predicted octanol–water partition coefficient (Wildman–Crippen LogP) is 4.67. The molecule has 0 amide bonds. The van der Waals surface area contributed by atoms with E-state index < -0.39 is 0 Å². The van der Waals surface area contributed by atoms with E-state index in [1.165, 1.54) is 0 Å². The number of benzene rings is 1. The summed E-state index contributed by atoms with van der Waals surface area (Å²) in [5.41, 5.74) is 4.12. The van der Waals surface area contributed by atoms with Gasteiger partial charge in [0.25, 0.3) is 5.56 Å². The number of nitrogens with zero attached hydrogens (tertiary/aromatic N) is 2. The highest BCUT2D eigenvalue weighted by molar-refractivity contribution is 6.30. The van der Waals surface area contributed by atoms with E-state index in [0.29, 0.717) is 16.2 Å². The Kier molecular flexibility index (Phi) is 4.49. The highest BCUT2D eigenvalue weighted by atomic mass is 35.5. The monoisotopic (exact) mass is 326 g/mol. The largest absolute Gasteiger partial charge is 0.268 e. The quantitative estimate of drug-likeness (QED) is 0.698. The Labute approximate surface area is 140 Å². The summed E-state index contributed by atoms with van der Waals surface area (Å²) in [7, 11) is 0. The highest BCUT2D eigenvalue weighted by Crippen LogP contribution is 2.23. The number of rotatable bonds is 4. The third kappa shape index (κ3) is 3.15. The van der Waals surface area contributed by atoms with Crippen molar-refractivity contribution in [3.8, 4) is 11.1 Å². The SMILES string of the molecule is CCCCc1nc2ccc(C)cn2c(=O)c1-c1ccc(Cl)cc1. The van der Waals surface area contributed by atoms with Crippen LogP contribution in [-0.2, 0) is 6.42 Å². The van der Waals surface area contributed by atoms with E-state index >= 15 is 0 Å². The van der Waals surface area contributed by atoms with Crippen LogP contribution in [0.25, 0.3) is 16.8 Å². The Morgan fingerprint density at radius 1 is 1.13 bits per heavy atom. The van der Waals surface area contributed by atoms with Crippen LogP contribution >= 0.6 is 11.6 Å². The molecule has 23 heavy (non-hydrogen) atoms.